The zero-order valence-electron chi connectivity index (χ0n) is 19.9. The fourth-order valence-electron chi connectivity index (χ4n) is 4.01. The van der Waals surface area contributed by atoms with E-state index in [-0.39, 0.29) is 0 Å². The molecule has 0 saturated heterocycles. The van der Waals surface area contributed by atoms with E-state index in [9.17, 15) is 0 Å². The summed E-state index contributed by atoms with van der Waals surface area (Å²) < 4.78 is 22.1. The smallest absolute Gasteiger partial charge is 0.167 e. The zero-order chi connectivity index (χ0) is 23.9. The molecule has 0 aliphatic rings. The first kappa shape index (κ1) is 23.0. The molecule has 0 aromatic heterocycles. The topological polar surface area (TPSA) is 36.9 Å². The quantitative estimate of drug-likeness (QED) is 0.265. The molecule has 0 amide bonds. The van der Waals surface area contributed by atoms with Crippen LogP contribution >= 0.6 is 0 Å². The molecule has 0 aliphatic heterocycles. The van der Waals surface area contributed by atoms with Gasteiger partial charge in [-0.3, -0.25) is 0 Å². The summed E-state index contributed by atoms with van der Waals surface area (Å²) in [5.74, 6) is 2.82. The number of ether oxygens (including phenoxy) is 4. The highest BCUT2D eigenvalue weighted by molar-refractivity contribution is 5.92. The Morgan fingerprint density at radius 3 is 1.24 bits per heavy atom. The van der Waals surface area contributed by atoms with Gasteiger partial charge in [0.2, 0.25) is 0 Å². The van der Waals surface area contributed by atoms with E-state index < -0.39 is 0 Å². The Bertz CT molecular complexity index is 1250. The molecule has 4 aromatic rings. The summed E-state index contributed by atoms with van der Waals surface area (Å²) in [7, 11) is 6.59. The van der Waals surface area contributed by atoms with Crippen molar-refractivity contribution in [2.45, 2.75) is 0 Å². The molecule has 4 rings (SSSR count). The normalized spacial score (nSPS) is 11.3. The van der Waals surface area contributed by atoms with Gasteiger partial charge in [0.25, 0.3) is 0 Å². The molecule has 0 N–H and O–H groups in total. The van der Waals surface area contributed by atoms with Gasteiger partial charge in [-0.25, -0.2) is 0 Å². The second kappa shape index (κ2) is 10.6. The minimum Gasteiger partial charge on any atom is -0.493 e. The molecule has 0 aliphatic carbocycles. The summed E-state index contributed by atoms with van der Waals surface area (Å²) in [5.41, 5.74) is 4.06. The van der Waals surface area contributed by atoms with Gasteiger partial charge in [0.1, 0.15) is 0 Å². The van der Waals surface area contributed by atoms with E-state index in [4.69, 9.17) is 18.9 Å². The average Bonchev–Trinajstić information content (AvgIpc) is 2.89. The zero-order valence-corrected chi connectivity index (χ0v) is 19.9. The maximum atomic E-state index is 5.59. The largest absolute Gasteiger partial charge is 0.493 e. The fourth-order valence-corrected chi connectivity index (χ4v) is 4.01. The third-order valence-corrected chi connectivity index (χ3v) is 5.70. The molecule has 4 heteroatoms. The predicted octanol–water partition coefficient (Wildman–Crippen LogP) is 7.22. The van der Waals surface area contributed by atoms with Crippen molar-refractivity contribution in [1.29, 1.82) is 0 Å². The monoisotopic (exact) mass is 452 g/mol. The van der Waals surface area contributed by atoms with Crippen LogP contribution in [0, 0.1) is 0 Å². The Balaban J connectivity index is 1.79. The number of hydrogen-bond acceptors (Lipinski definition) is 4. The standard InChI is InChI=1S/C30H28O4/c1-31-27-13-7-11-21(29(27)33-3)15-17-25-19-23-9-5-6-10-24(23)20-26(25)18-16-22-12-8-14-28(32-2)30(22)34-4/h5-20H,1-4H3/b17-15-,18-16+. The van der Waals surface area contributed by atoms with E-state index in [1.807, 2.05) is 36.4 Å². The van der Waals surface area contributed by atoms with E-state index >= 15 is 0 Å². The first-order valence-corrected chi connectivity index (χ1v) is 11.0. The summed E-state index contributed by atoms with van der Waals surface area (Å²) >= 11 is 0. The number of rotatable bonds is 8. The highest BCUT2D eigenvalue weighted by atomic mass is 16.5. The number of methoxy groups -OCH3 is 4. The van der Waals surface area contributed by atoms with Gasteiger partial charge in [0.05, 0.1) is 28.4 Å². The SMILES string of the molecule is COc1cccc(/C=C\c2cc3ccccc3cc2/C=C/c2cccc(OC)c2OC)c1OC. The molecule has 172 valence electrons. The first-order valence-electron chi connectivity index (χ1n) is 11.0. The van der Waals surface area contributed by atoms with Gasteiger partial charge in [-0.05, 0) is 46.2 Å². The minimum absolute atomic E-state index is 0.702. The van der Waals surface area contributed by atoms with E-state index in [1.54, 1.807) is 28.4 Å². The molecule has 0 spiro atoms. The molecule has 34 heavy (non-hydrogen) atoms. The van der Waals surface area contributed by atoms with Crippen LogP contribution < -0.4 is 18.9 Å². The molecule has 0 radical (unpaired) electrons. The lowest BCUT2D eigenvalue weighted by atomic mass is 9.98. The maximum absolute atomic E-state index is 5.59. The summed E-state index contributed by atoms with van der Waals surface area (Å²) in [4.78, 5) is 0. The number of benzene rings is 4. The molecule has 0 bridgehead atoms. The second-order valence-electron chi connectivity index (χ2n) is 7.66. The van der Waals surface area contributed by atoms with Crippen molar-refractivity contribution in [3.63, 3.8) is 0 Å². The highest BCUT2D eigenvalue weighted by Crippen LogP contribution is 2.34. The summed E-state index contributed by atoms with van der Waals surface area (Å²) in [5, 5.41) is 2.35. The number of hydrogen-bond donors (Lipinski definition) is 0. The minimum atomic E-state index is 0.702. The summed E-state index contributed by atoms with van der Waals surface area (Å²) in [6.07, 6.45) is 8.31. The fraction of sp³-hybridized carbons (Fsp3) is 0.133. The van der Waals surface area contributed by atoms with Crippen molar-refractivity contribution >= 4 is 35.1 Å². The Kier molecular flexibility index (Phi) is 7.19. The van der Waals surface area contributed by atoms with Crippen LogP contribution in [0.5, 0.6) is 23.0 Å². The van der Waals surface area contributed by atoms with Crippen LogP contribution in [-0.2, 0) is 0 Å². The number of fused-ring (bicyclic) bond motifs is 1. The Morgan fingerprint density at radius 2 is 0.853 bits per heavy atom. The van der Waals surface area contributed by atoms with E-state index in [0.29, 0.717) is 23.0 Å². The lowest BCUT2D eigenvalue weighted by molar-refractivity contribution is 0.354. The third-order valence-electron chi connectivity index (χ3n) is 5.70. The molecule has 0 atom stereocenters. The van der Waals surface area contributed by atoms with Gasteiger partial charge >= 0.3 is 0 Å². The van der Waals surface area contributed by atoms with Crippen LogP contribution in [0.15, 0.2) is 72.8 Å². The number of para-hydroxylation sites is 2. The highest BCUT2D eigenvalue weighted by Gasteiger charge is 2.09. The second-order valence-corrected chi connectivity index (χ2v) is 7.66. The van der Waals surface area contributed by atoms with Crippen LogP contribution in [0.25, 0.3) is 35.1 Å². The van der Waals surface area contributed by atoms with Crippen molar-refractivity contribution in [2.75, 3.05) is 28.4 Å². The van der Waals surface area contributed by atoms with Gasteiger partial charge in [-0.15, -0.1) is 0 Å². The first-order chi connectivity index (χ1) is 16.7. The van der Waals surface area contributed by atoms with Gasteiger partial charge < -0.3 is 18.9 Å². The van der Waals surface area contributed by atoms with Gasteiger partial charge in [0, 0.05) is 11.1 Å². The molecular weight excluding hydrogens is 424 g/mol. The van der Waals surface area contributed by atoms with Crippen molar-refractivity contribution in [3.05, 3.63) is 95.1 Å². The van der Waals surface area contributed by atoms with Gasteiger partial charge in [-0.2, -0.15) is 0 Å². The predicted molar refractivity (Wildman–Crippen MR) is 141 cm³/mol. The van der Waals surface area contributed by atoms with Crippen LogP contribution in [0.1, 0.15) is 22.3 Å². The van der Waals surface area contributed by atoms with Crippen molar-refractivity contribution in [1.82, 2.24) is 0 Å². The Labute approximate surface area is 200 Å². The Morgan fingerprint density at radius 1 is 0.441 bits per heavy atom. The van der Waals surface area contributed by atoms with Gasteiger partial charge in [0.15, 0.2) is 23.0 Å². The van der Waals surface area contributed by atoms with E-state index in [0.717, 1.165) is 22.3 Å². The van der Waals surface area contributed by atoms with Crippen LogP contribution in [0.2, 0.25) is 0 Å². The summed E-state index contributed by atoms with van der Waals surface area (Å²) in [6, 6.07) is 24.5. The lowest BCUT2D eigenvalue weighted by Gasteiger charge is -2.11. The van der Waals surface area contributed by atoms with Crippen LogP contribution in [-0.4, -0.2) is 28.4 Å². The molecule has 4 aromatic carbocycles. The molecule has 0 saturated carbocycles. The molecular formula is C30H28O4. The van der Waals surface area contributed by atoms with Crippen LogP contribution in [0.4, 0.5) is 0 Å². The van der Waals surface area contributed by atoms with Gasteiger partial charge in [-0.1, -0.05) is 72.8 Å². The average molecular weight is 453 g/mol. The van der Waals surface area contributed by atoms with Crippen molar-refractivity contribution in [2.24, 2.45) is 0 Å². The van der Waals surface area contributed by atoms with Crippen molar-refractivity contribution < 1.29 is 18.9 Å². The Hall–Kier alpha value is -4.18. The lowest BCUT2D eigenvalue weighted by Crippen LogP contribution is -1.93. The molecule has 0 heterocycles. The molecule has 0 unspecified atom stereocenters. The van der Waals surface area contributed by atoms with Crippen molar-refractivity contribution in [3.8, 4) is 23.0 Å². The van der Waals surface area contributed by atoms with E-state index in [1.165, 1.54) is 10.8 Å². The van der Waals surface area contributed by atoms with Crippen LogP contribution in [0.3, 0.4) is 0 Å². The molecule has 0 fully saturated rings. The maximum Gasteiger partial charge on any atom is 0.167 e. The molecule has 4 nitrogen and oxygen atoms in total. The van der Waals surface area contributed by atoms with E-state index in [2.05, 4.69) is 60.7 Å². The third kappa shape index (κ3) is 4.76. The summed E-state index contributed by atoms with van der Waals surface area (Å²) in [6.45, 7) is 0.